The van der Waals surface area contributed by atoms with E-state index in [1.165, 1.54) is 43.3 Å². The van der Waals surface area contributed by atoms with Crippen LogP contribution >= 0.6 is 0 Å². The smallest absolute Gasteiger partial charge is 0.0651 e. The molecule has 0 heterocycles. The standard InChI is InChI=1S/C28H44O2/c1-19-10-14-24(29)18-23(19)13-12-22-8-7-17-28(6)25(15-16-26(22)28)20(2)9-11-21(3)27(4,5)30/h9,11-13,20-21,24-26,29-30H,1,7-8,10,14-18H2,2-6H3/b11-9+,22-12+,23-13?/t20-,21+,24-,25-,26+,28-/m1/s1. The summed E-state index contributed by atoms with van der Waals surface area (Å²) in [4.78, 5) is 0. The van der Waals surface area contributed by atoms with Crippen LogP contribution in [0.5, 0.6) is 0 Å². The van der Waals surface area contributed by atoms with Gasteiger partial charge in [0, 0.05) is 5.92 Å². The van der Waals surface area contributed by atoms with Crippen molar-refractivity contribution in [3.8, 4) is 0 Å². The molecule has 2 nitrogen and oxygen atoms in total. The summed E-state index contributed by atoms with van der Waals surface area (Å²) in [5.74, 6) is 2.08. The second kappa shape index (κ2) is 9.17. The first kappa shape index (κ1) is 23.5. The average molecular weight is 413 g/mol. The van der Waals surface area contributed by atoms with Gasteiger partial charge in [-0.25, -0.2) is 0 Å². The molecular formula is C28H44O2. The van der Waals surface area contributed by atoms with Crippen molar-refractivity contribution in [1.29, 1.82) is 0 Å². The van der Waals surface area contributed by atoms with Crippen LogP contribution in [0, 0.1) is 29.1 Å². The summed E-state index contributed by atoms with van der Waals surface area (Å²) in [6.45, 7) is 15.0. The molecule has 168 valence electrons. The first-order chi connectivity index (χ1) is 14.0. The summed E-state index contributed by atoms with van der Waals surface area (Å²) in [6.07, 6.45) is 18.0. The van der Waals surface area contributed by atoms with E-state index >= 15 is 0 Å². The van der Waals surface area contributed by atoms with Crippen molar-refractivity contribution in [3.63, 3.8) is 0 Å². The Kier molecular flexibility index (Phi) is 7.19. The summed E-state index contributed by atoms with van der Waals surface area (Å²) >= 11 is 0. The highest BCUT2D eigenvalue weighted by atomic mass is 16.3. The fourth-order valence-corrected chi connectivity index (χ4v) is 6.25. The van der Waals surface area contributed by atoms with Crippen LogP contribution in [-0.4, -0.2) is 21.9 Å². The Bertz CT molecular complexity index is 719. The highest BCUT2D eigenvalue weighted by Gasteiger charge is 2.50. The Morgan fingerprint density at radius 2 is 1.83 bits per heavy atom. The van der Waals surface area contributed by atoms with Gasteiger partial charge < -0.3 is 10.2 Å². The fraction of sp³-hybridized carbons (Fsp3) is 0.714. The van der Waals surface area contributed by atoms with Crippen molar-refractivity contribution in [2.45, 2.75) is 97.7 Å². The van der Waals surface area contributed by atoms with E-state index in [1.54, 1.807) is 5.57 Å². The van der Waals surface area contributed by atoms with Crippen molar-refractivity contribution >= 4 is 0 Å². The van der Waals surface area contributed by atoms with E-state index in [1.807, 2.05) is 13.8 Å². The third kappa shape index (κ3) is 5.02. The lowest BCUT2D eigenvalue weighted by Gasteiger charge is -2.44. The molecule has 3 fully saturated rings. The van der Waals surface area contributed by atoms with E-state index < -0.39 is 5.60 Å². The first-order valence-electron chi connectivity index (χ1n) is 12.2. The molecule has 2 N–H and O–H groups in total. The van der Waals surface area contributed by atoms with E-state index in [0.717, 1.165) is 19.3 Å². The van der Waals surface area contributed by atoms with E-state index in [2.05, 4.69) is 51.7 Å². The third-order valence-electron chi connectivity index (χ3n) is 8.68. The maximum absolute atomic E-state index is 10.3. The maximum atomic E-state index is 10.3. The Morgan fingerprint density at radius 1 is 1.10 bits per heavy atom. The Labute approximate surface area is 184 Å². The Balaban J connectivity index is 1.75. The highest BCUT2D eigenvalue weighted by molar-refractivity contribution is 5.36. The molecule has 2 heteroatoms. The Hall–Kier alpha value is -1.12. The molecule has 0 spiro atoms. The normalized spacial score (nSPS) is 37.7. The molecule has 0 aromatic rings. The molecule has 3 rings (SSSR count). The summed E-state index contributed by atoms with van der Waals surface area (Å²) in [6, 6.07) is 0. The van der Waals surface area contributed by atoms with Gasteiger partial charge in [-0.2, -0.15) is 0 Å². The predicted octanol–water partition coefficient (Wildman–Crippen LogP) is 6.76. The minimum atomic E-state index is -0.663. The quantitative estimate of drug-likeness (QED) is 0.490. The van der Waals surface area contributed by atoms with E-state index in [4.69, 9.17) is 0 Å². The largest absolute Gasteiger partial charge is 0.393 e. The second-order valence-electron chi connectivity index (χ2n) is 11.2. The Morgan fingerprint density at radius 3 is 2.53 bits per heavy atom. The predicted molar refractivity (Wildman–Crippen MR) is 127 cm³/mol. The van der Waals surface area contributed by atoms with Crippen LogP contribution in [0.15, 0.2) is 47.6 Å². The molecule has 0 aromatic carbocycles. The second-order valence-corrected chi connectivity index (χ2v) is 11.2. The summed E-state index contributed by atoms with van der Waals surface area (Å²) in [5.41, 5.74) is 3.78. The van der Waals surface area contributed by atoms with Crippen molar-refractivity contribution in [1.82, 2.24) is 0 Å². The lowest BCUT2D eigenvalue weighted by molar-refractivity contribution is 0.0436. The molecule has 0 aliphatic heterocycles. The maximum Gasteiger partial charge on any atom is 0.0651 e. The SMILES string of the molecule is C=C1CC[C@@H](O)CC1=C/C=C1\CCC[C@]2(C)[C@@H]([C@H](C)/C=C/[C@H](C)C(C)(C)O)CC[C@@H]12. The van der Waals surface area contributed by atoms with E-state index in [9.17, 15) is 10.2 Å². The molecule has 0 amide bonds. The summed E-state index contributed by atoms with van der Waals surface area (Å²) < 4.78 is 0. The molecule has 0 saturated heterocycles. The zero-order chi connectivity index (χ0) is 22.1. The monoisotopic (exact) mass is 412 g/mol. The molecular weight excluding hydrogens is 368 g/mol. The number of allylic oxidation sites excluding steroid dienone is 5. The lowest BCUT2D eigenvalue weighted by Crippen LogP contribution is -2.35. The van der Waals surface area contributed by atoms with Crippen molar-refractivity contribution < 1.29 is 10.2 Å². The lowest BCUT2D eigenvalue weighted by atomic mass is 9.61. The summed E-state index contributed by atoms with van der Waals surface area (Å²) in [5, 5.41) is 20.3. The average Bonchev–Trinajstić information content (AvgIpc) is 3.03. The van der Waals surface area contributed by atoms with Crippen LogP contribution in [0.2, 0.25) is 0 Å². The van der Waals surface area contributed by atoms with Gasteiger partial charge in [0.2, 0.25) is 0 Å². The molecule has 30 heavy (non-hydrogen) atoms. The van der Waals surface area contributed by atoms with Gasteiger partial charge in [-0.1, -0.05) is 62.8 Å². The molecule has 6 atom stereocenters. The van der Waals surface area contributed by atoms with Crippen LogP contribution in [0.1, 0.15) is 86.0 Å². The van der Waals surface area contributed by atoms with Gasteiger partial charge in [-0.05, 0) is 94.0 Å². The molecule has 0 unspecified atom stereocenters. The van der Waals surface area contributed by atoms with Gasteiger partial charge in [-0.3, -0.25) is 0 Å². The van der Waals surface area contributed by atoms with Crippen LogP contribution in [0.3, 0.4) is 0 Å². The van der Waals surface area contributed by atoms with Gasteiger partial charge in [0.1, 0.15) is 0 Å². The van der Waals surface area contributed by atoms with Gasteiger partial charge in [0.05, 0.1) is 11.7 Å². The zero-order valence-corrected chi connectivity index (χ0v) is 20.0. The van der Waals surface area contributed by atoms with Crippen LogP contribution < -0.4 is 0 Å². The first-order valence-corrected chi connectivity index (χ1v) is 12.2. The van der Waals surface area contributed by atoms with Gasteiger partial charge in [0.15, 0.2) is 0 Å². The van der Waals surface area contributed by atoms with E-state index in [-0.39, 0.29) is 12.0 Å². The van der Waals surface area contributed by atoms with Crippen molar-refractivity contribution in [2.24, 2.45) is 29.1 Å². The number of rotatable bonds is 5. The van der Waals surface area contributed by atoms with Crippen molar-refractivity contribution in [3.05, 3.63) is 47.6 Å². The van der Waals surface area contributed by atoms with Gasteiger partial charge in [-0.15, -0.1) is 0 Å². The molecule has 0 bridgehead atoms. The van der Waals surface area contributed by atoms with Gasteiger partial charge in [0.25, 0.3) is 0 Å². The number of aliphatic hydroxyl groups is 2. The van der Waals surface area contributed by atoms with E-state index in [0.29, 0.717) is 23.2 Å². The molecule has 0 radical (unpaired) electrons. The fourth-order valence-electron chi connectivity index (χ4n) is 6.25. The minimum absolute atomic E-state index is 0.164. The van der Waals surface area contributed by atoms with Crippen LogP contribution in [0.4, 0.5) is 0 Å². The minimum Gasteiger partial charge on any atom is -0.393 e. The number of aliphatic hydroxyl groups excluding tert-OH is 1. The zero-order valence-electron chi connectivity index (χ0n) is 20.0. The van der Waals surface area contributed by atoms with Gasteiger partial charge >= 0.3 is 0 Å². The molecule has 3 saturated carbocycles. The molecule has 3 aliphatic carbocycles. The topological polar surface area (TPSA) is 40.5 Å². The number of hydrogen-bond donors (Lipinski definition) is 2. The van der Waals surface area contributed by atoms with Crippen molar-refractivity contribution in [2.75, 3.05) is 0 Å². The summed E-state index contributed by atoms with van der Waals surface area (Å²) in [7, 11) is 0. The number of fused-ring (bicyclic) bond motifs is 1. The highest BCUT2D eigenvalue weighted by Crippen LogP contribution is 2.59. The van der Waals surface area contributed by atoms with Crippen LogP contribution in [0.25, 0.3) is 0 Å². The van der Waals surface area contributed by atoms with Crippen LogP contribution in [-0.2, 0) is 0 Å². The molecule has 3 aliphatic rings. The number of hydrogen-bond acceptors (Lipinski definition) is 2. The third-order valence-corrected chi connectivity index (χ3v) is 8.68. The molecule has 0 aromatic heterocycles.